The quantitative estimate of drug-likeness (QED) is 0.761. The van der Waals surface area contributed by atoms with Gasteiger partial charge in [0.2, 0.25) is 0 Å². The maximum Gasteiger partial charge on any atom is 0.342 e. The molecule has 3 N–H and O–H groups in total. The van der Waals surface area contributed by atoms with Crippen LogP contribution < -0.4 is 10.7 Å². The zero-order valence-electron chi connectivity index (χ0n) is 15.9. The summed E-state index contributed by atoms with van der Waals surface area (Å²) in [5.41, 5.74) is 3.94. The van der Waals surface area contributed by atoms with Crippen molar-refractivity contribution in [2.24, 2.45) is 22.0 Å². The van der Waals surface area contributed by atoms with Crippen molar-refractivity contribution in [2.75, 3.05) is 14.2 Å². The summed E-state index contributed by atoms with van der Waals surface area (Å²) in [6.45, 7) is 6.16. The van der Waals surface area contributed by atoms with E-state index in [1.54, 1.807) is 0 Å². The fourth-order valence-corrected chi connectivity index (χ4v) is 5.44. The van der Waals surface area contributed by atoms with Crippen LogP contribution in [-0.2, 0) is 14.9 Å². The second-order valence-electron chi connectivity index (χ2n) is 8.05. The molecule has 0 aromatic heterocycles. The number of rotatable bonds is 5. The smallest absolute Gasteiger partial charge is 0.317 e. The molecule has 2 aliphatic rings. The maximum absolute atomic E-state index is 10.2. The summed E-state index contributed by atoms with van der Waals surface area (Å²) in [6.07, 6.45) is 0.571. The third-order valence-electron chi connectivity index (χ3n) is 6.61. The average Bonchev–Trinajstić information content (AvgIpc) is 3.00. The van der Waals surface area contributed by atoms with Gasteiger partial charge in [0.15, 0.2) is 10.8 Å². The molecule has 0 unspecified atom stereocenters. The first-order chi connectivity index (χ1) is 12.2. The molecular weight excluding hydrogens is 328 g/mol. The standard InChI is InChI=1S/C20H24N4O2/c1-16(2,14-9-7-6-8-10-14)11-17(3)18(12-21)15(23)24-20(25-4,26-5)19(17,18)13-22/h6-10H,11H2,1-5H3,(H2,23,24)/p+1/t17-,18+,19-/m1/s1. The van der Waals surface area contributed by atoms with Crippen LogP contribution in [-0.4, -0.2) is 26.0 Å². The van der Waals surface area contributed by atoms with Gasteiger partial charge in [0.1, 0.15) is 0 Å². The Kier molecular flexibility index (Phi) is 3.74. The fraction of sp³-hybridized carbons (Fsp3) is 0.550. The topological polar surface area (TPSA) is 106 Å². The van der Waals surface area contributed by atoms with Gasteiger partial charge in [-0.2, -0.15) is 10.5 Å². The van der Waals surface area contributed by atoms with E-state index in [0.29, 0.717) is 6.42 Å². The van der Waals surface area contributed by atoms with Crippen LogP contribution in [0.5, 0.6) is 0 Å². The lowest BCUT2D eigenvalue weighted by Gasteiger charge is -2.34. The van der Waals surface area contributed by atoms with Crippen LogP contribution in [0.2, 0.25) is 0 Å². The van der Waals surface area contributed by atoms with E-state index in [0.717, 1.165) is 5.56 Å². The lowest BCUT2D eigenvalue weighted by molar-refractivity contribution is -0.690. The van der Waals surface area contributed by atoms with Crippen LogP contribution in [0.4, 0.5) is 0 Å². The van der Waals surface area contributed by atoms with Gasteiger partial charge in [0, 0.05) is 19.6 Å². The van der Waals surface area contributed by atoms with Gasteiger partial charge >= 0.3 is 5.91 Å². The molecule has 0 spiro atoms. The monoisotopic (exact) mass is 353 g/mol. The largest absolute Gasteiger partial charge is 0.342 e. The van der Waals surface area contributed by atoms with Crippen LogP contribution in [0.1, 0.15) is 32.8 Å². The van der Waals surface area contributed by atoms with Gasteiger partial charge in [-0.1, -0.05) is 51.1 Å². The van der Waals surface area contributed by atoms with Crippen LogP contribution in [0.3, 0.4) is 0 Å². The van der Waals surface area contributed by atoms with E-state index in [9.17, 15) is 10.5 Å². The Bertz CT molecular complexity index is 847. The van der Waals surface area contributed by atoms with Crippen molar-refractivity contribution < 1.29 is 14.5 Å². The highest BCUT2D eigenvalue weighted by atomic mass is 16.7. The number of methoxy groups -OCH3 is 2. The fourth-order valence-electron chi connectivity index (χ4n) is 5.44. The predicted octanol–water partition coefficient (Wildman–Crippen LogP) is 0.792. The summed E-state index contributed by atoms with van der Waals surface area (Å²) in [6, 6.07) is 14.8. The minimum absolute atomic E-state index is 0.233. The van der Waals surface area contributed by atoms with Gasteiger partial charge in [-0.15, -0.1) is 0 Å². The molecule has 136 valence electrons. The molecule has 0 saturated heterocycles. The van der Waals surface area contributed by atoms with Crippen molar-refractivity contribution in [3.8, 4) is 12.1 Å². The zero-order chi connectivity index (χ0) is 19.4. The summed E-state index contributed by atoms with van der Waals surface area (Å²) in [4.78, 5) is 2.94. The number of nitrogens with two attached hydrogens (primary N) is 1. The highest BCUT2D eigenvalue weighted by molar-refractivity contribution is 5.94. The highest BCUT2D eigenvalue weighted by Crippen LogP contribution is 2.84. The molecule has 1 aliphatic heterocycles. The lowest BCUT2D eigenvalue weighted by atomic mass is 9.72. The van der Waals surface area contributed by atoms with Gasteiger partial charge < -0.3 is 9.47 Å². The van der Waals surface area contributed by atoms with E-state index in [-0.39, 0.29) is 11.3 Å². The number of hydrogen-bond donors (Lipinski definition) is 2. The predicted molar refractivity (Wildman–Crippen MR) is 95.2 cm³/mol. The molecule has 0 amide bonds. The van der Waals surface area contributed by atoms with Gasteiger partial charge in [-0.05, 0) is 17.4 Å². The SMILES string of the molecule is COC1(OC)[NH+]=C(N)[C@@]2(C#N)[C@@](C)(CC(C)(C)c3ccccc3)[C@@]12C#N. The highest BCUT2D eigenvalue weighted by Gasteiger charge is 3.02. The molecule has 1 aromatic rings. The Labute approximate surface area is 154 Å². The summed E-state index contributed by atoms with van der Waals surface area (Å²) >= 11 is 0. The molecule has 1 aromatic carbocycles. The van der Waals surface area contributed by atoms with Gasteiger partial charge in [-0.3, -0.25) is 5.73 Å². The normalized spacial score (nSPS) is 34.3. The van der Waals surface area contributed by atoms with Crippen LogP contribution in [0.15, 0.2) is 30.3 Å². The van der Waals surface area contributed by atoms with Crippen molar-refractivity contribution in [3.05, 3.63) is 35.9 Å². The molecule has 6 heteroatoms. The molecule has 6 nitrogen and oxygen atoms in total. The molecule has 0 radical (unpaired) electrons. The average molecular weight is 353 g/mol. The first-order valence-corrected chi connectivity index (χ1v) is 8.58. The first-order valence-electron chi connectivity index (χ1n) is 8.58. The zero-order valence-corrected chi connectivity index (χ0v) is 15.9. The lowest BCUT2D eigenvalue weighted by Crippen LogP contribution is -2.91. The number of hydrogen-bond acceptors (Lipinski definition) is 5. The van der Waals surface area contributed by atoms with Gasteiger partial charge in [0.05, 0.1) is 12.1 Å². The number of nitriles is 2. The summed E-state index contributed by atoms with van der Waals surface area (Å²) < 4.78 is 11.2. The van der Waals surface area contributed by atoms with Crippen molar-refractivity contribution in [1.82, 2.24) is 0 Å². The Morgan fingerprint density at radius 1 is 1.12 bits per heavy atom. The van der Waals surface area contributed by atoms with E-state index in [1.807, 2.05) is 25.1 Å². The summed E-state index contributed by atoms with van der Waals surface area (Å²) in [5, 5.41) is 20.3. The third-order valence-corrected chi connectivity index (χ3v) is 6.61. The van der Waals surface area contributed by atoms with Gasteiger partial charge in [-0.25, -0.2) is 4.99 Å². The van der Waals surface area contributed by atoms with Crippen LogP contribution in [0.25, 0.3) is 0 Å². The van der Waals surface area contributed by atoms with Crippen molar-refractivity contribution in [2.45, 2.75) is 38.5 Å². The molecule has 1 fully saturated rings. The Hall–Kier alpha value is -2.41. The second-order valence-corrected chi connectivity index (χ2v) is 8.05. The number of amidine groups is 1. The molecule has 1 heterocycles. The molecule has 0 bridgehead atoms. The number of fused-ring (bicyclic) bond motifs is 1. The molecule has 1 saturated carbocycles. The molecule has 3 rings (SSSR count). The molecular formula is C20H25N4O2+. The number of ether oxygens (including phenoxy) is 2. The Morgan fingerprint density at radius 3 is 2.15 bits per heavy atom. The Balaban J connectivity index is 2.15. The number of nitrogens with one attached hydrogen (secondary N) is 1. The van der Waals surface area contributed by atoms with Crippen molar-refractivity contribution in [1.29, 1.82) is 10.5 Å². The second kappa shape index (κ2) is 5.30. The van der Waals surface area contributed by atoms with Gasteiger partial charge in [0.25, 0.3) is 5.84 Å². The van der Waals surface area contributed by atoms with Crippen LogP contribution in [0, 0.1) is 38.9 Å². The van der Waals surface area contributed by atoms with E-state index < -0.39 is 22.2 Å². The summed E-state index contributed by atoms with van der Waals surface area (Å²) in [7, 11) is 2.91. The molecule has 3 atom stereocenters. The maximum atomic E-state index is 10.2. The van der Waals surface area contributed by atoms with Crippen molar-refractivity contribution in [3.63, 3.8) is 0 Å². The van der Waals surface area contributed by atoms with Crippen LogP contribution >= 0.6 is 0 Å². The number of benzene rings is 1. The minimum atomic E-state index is -1.46. The van der Waals surface area contributed by atoms with E-state index >= 15 is 0 Å². The first kappa shape index (κ1) is 18.4. The number of nitrogens with zero attached hydrogens (tertiary/aromatic N) is 2. The van der Waals surface area contributed by atoms with Crippen molar-refractivity contribution >= 4 is 5.84 Å². The van der Waals surface area contributed by atoms with E-state index in [1.165, 1.54) is 14.2 Å². The minimum Gasteiger partial charge on any atom is -0.317 e. The van der Waals surface area contributed by atoms with E-state index in [2.05, 4.69) is 43.1 Å². The Morgan fingerprint density at radius 2 is 1.69 bits per heavy atom. The molecule has 26 heavy (non-hydrogen) atoms. The third kappa shape index (κ3) is 1.65. The van der Waals surface area contributed by atoms with E-state index in [4.69, 9.17) is 15.2 Å². The summed E-state index contributed by atoms with van der Waals surface area (Å²) in [5.74, 6) is -1.22. The molecule has 1 aliphatic carbocycles.